The van der Waals surface area contributed by atoms with Crippen LogP contribution in [0.15, 0.2) is 12.1 Å². The number of halogens is 6. The molecule has 2 unspecified atom stereocenters. The molecule has 0 aromatic carbocycles. The van der Waals surface area contributed by atoms with Gasteiger partial charge in [0.2, 0.25) is 0 Å². The number of aliphatic carboxylic acids is 2. The monoisotopic (exact) mass is 552 g/mol. The van der Waals surface area contributed by atoms with Crippen molar-refractivity contribution in [1.29, 1.82) is 0 Å². The van der Waals surface area contributed by atoms with Gasteiger partial charge in [0.25, 0.3) is 0 Å². The molecule has 15 heteroatoms. The van der Waals surface area contributed by atoms with Gasteiger partial charge in [-0.25, -0.2) is 9.59 Å². The molecule has 0 aliphatic carbocycles. The number of carboxylic acid groups (broad SMARTS) is 2. The van der Waals surface area contributed by atoms with Crippen molar-refractivity contribution in [2.45, 2.75) is 37.8 Å². The van der Waals surface area contributed by atoms with Crippen molar-refractivity contribution in [2.75, 3.05) is 53.6 Å². The zero-order valence-electron chi connectivity index (χ0n) is 20.0. The molecule has 1 aromatic heterocycles. The first-order chi connectivity index (χ1) is 16.4. The molecule has 0 radical (unpaired) electrons. The third-order valence-corrected chi connectivity index (χ3v) is 5.98. The highest BCUT2D eigenvalue weighted by atomic mass is 32.1. The molecule has 1 spiro atoms. The van der Waals surface area contributed by atoms with E-state index in [4.69, 9.17) is 29.3 Å². The summed E-state index contributed by atoms with van der Waals surface area (Å²) in [4.78, 5) is 25.4. The number of aryl methyl sites for hydroxylation is 1. The van der Waals surface area contributed by atoms with Crippen LogP contribution in [0.2, 0.25) is 0 Å². The lowest BCUT2D eigenvalue weighted by Crippen LogP contribution is -2.43. The van der Waals surface area contributed by atoms with Crippen molar-refractivity contribution in [3.63, 3.8) is 0 Å². The summed E-state index contributed by atoms with van der Waals surface area (Å²) in [5, 5.41) is 14.2. The van der Waals surface area contributed by atoms with Crippen LogP contribution in [-0.4, -0.2) is 103 Å². The van der Waals surface area contributed by atoms with Gasteiger partial charge >= 0.3 is 24.3 Å². The number of hydrogen-bond acceptors (Lipinski definition) is 7. The van der Waals surface area contributed by atoms with E-state index >= 15 is 0 Å². The minimum absolute atomic E-state index is 0.0938. The van der Waals surface area contributed by atoms with Crippen LogP contribution < -0.4 is 0 Å². The Bertz CT molecular complexity index is 824. The molecule has 208 valence electrons. The number of nitrogens with zero attached hydrogens (tertiary/aromatic N) is 2. The van der Waals surface area contributed by atoms with E-state index in [1.807, 2.05) is 11.3 Å². The Kier molecular flexibility index (Phi) is 12.1. The number of ether oxygens (including phenoxy) is 2. The second-order valence-corrected chi connectivity index (χ2v) is 10.1. The predicted molar refractivity (Wildman–Crippen MR) is 118 cm³/mol. The summed E-state index contributed by atoms with van der Waals surface area (Å²) >= 11 is 1.90. The first kappa shape index (κ1) is 32.1. The van der Waals surface area contributed by atoms with Crippen molar-refractivity contribution in [2.24, 2.45) is 5.92 Å². The fourth-order valence-corrected chi connectivity index (χ4v) is 4.63. The van der Waals surface area contributed by atoms with Crippen LogP contribution in [0.4, 0.5) is 26.3 Å². The zero-order chi connectivity index (χ0) is 27.7. The number of carbonyl (C=O) groups is 2. The van der Waals surface area contributed by atoms with E-state index in [0.29, 0.717) is 5.92 Å². The molecule has 8 nitrogen and oxygen atoms in total. The Morgan fingerprint density at radius 2 is 1.69 bits per heavy atom. The standard InChI is InChI=1S/C17H28N2O2S.2C2HF3O2/c1-14-4-5-16(22-14)10-19-6-7-20-13-17(12-19)8-15(11-21-17)9-18(2)3;2*3-2(4,5)1(6)7/h4-5,15H,6-13H2,1-3H3;2*(H,6,7). The quantitative estimate of drug-likeness (QED) is 0.548. The molecule has 0 amide bonds. The van der Waals surface area contributed by atoms with Gasteiger partial charge in [-0.05, 0) is 45.5 Å². The fourth-order valence-electron chi connectivity index (χ4n) is 3.69. The fraction of sp³-hybridized carbons (Fsp3) is 0.714. The van der Waals surface area contributed by atoms with Gasteiger partial charge in [-0.15, -0.1) is 11.3 Å². The molecule has 3 rings (SSSR count). The van der Waals surface area contributed by atoms with Gasteiger partial charge in [0.05, 0.1) is 19.8 Å². The van der Waals surface area contributed by atoms with Crippen LogP contribution in [0, 0.1) is 12.8 Å². The number of hydrogen-bond donors (Lipinski definition) is 2. The largest absolute Gasteiger partial charge is 0.490 e. The van der Waals surface area contributed by atoms with Crippen LogP contribution >= 0.6 is 11.3 Å². The lowest BCUT2D eigenvalue weighted by Gasteiger charge is -2.31. The highest BCUT2D eigenvalue weighted by molar-refractivity contribution is 7.11. The maximum absolute atomic E-state index is 10.6. The third-order valence-electron chi connectivity index (χ3n) is 5.00. The van der Waals surface area contributed by atoms with Gasteiger partial charge in [-0.3, -0.25) is 4.90 Å². The highest BCUT2D eigenvalue weighted by Gasteiger charge is 2.43. The lowest BCUT2D eigenvalue weighted by molar-refractivity contribution is -0.193. The Morgan fingerprint density at radius 1 is 1.14 bits per heavy atom. The van der Waals surface area contributed by atoms with E-state index in [0.717, 1.165) is 52.4 Å². The normalized spacial score (nSPS) is 22.9. The van der Waals surface area contributed by atoms with Crippen molar-refractivity contribution in [3.05, 3.63) is 21.9 Å². The third kappa shape index (κ3) is 11.9. The summed E-state index contributed by atoms with van der Waals surface area (Å²) in [6, 6.07) is 4.46. The number of rotatable bonds is 4. The number of alkyl halides is 6. The average molecular weight is 553 g/mol. The Labute approximate surface area is 208 Å². The minimum atomic E-state index is -5.08. The van der Waals surface area contributed by atoms with E-state index in [1.54, 1.807) is 0 Å². The van der Waals surface area contributed by atoms with Crippen molar-refractivity contribution >= 4 is 23.3 Å². The van der Waals surface area contributed by atoms with Crippen LogP contribution in [0.5, 0.6) is 0 Å². The van der Waals surface area contributed by atoms with E-state index < -0.39 is 24.3 Å². The molecule has 2 saturated heterocycles. The molecule has 1 aromatic rings. The topological polar surface area (TPSA) is 99.5 Å². The summed E-state index contributed by atoms with van der Waals surface area (Å²) in [5.74, 6) is -4.89. The average Bonchev–Trinajstić information content (AvgIpc) is 3.23. The van der Waals surface area contributed by atoms with Crippen molar-refractivity contribution in [3.8, 4) is 0 Å². The molecule has 2 N–H and O–H groups in total. The van der Waals surface area contributed by atoms with E-state index in [2.05, 4.69) is 43.0 Å². The Balaban J connectivity index is 0.000000383. The zero-order valence-corrected chi connectivity index (χ0v) is 20.8. The van der Waals surface area contributed by atoms with Gasteiger partial charge in [0, 0.05) is 35.9 Å². The van der Waals surface area contributed by atoms with Gasteiger partial charge in [-0.1, -0.05) is 0 Å². The molecule has 2 atom stereocenters. The van der Waals surface area contributed by atoms with E-state index in [1.165, 1.54) is 9.75 Å². The van der Waals surface area contributed by atoms with Gasteiger partial charge < -0.3 is 24.6 Å². The molecule has 36 heavy (non-hydrogen) atoms. The SMILES string of the molecule is Cc1ccc(CN2CCOCC3(CC(CN(C)C)CO3)C2)s1.O=C(O)C(F)(F)F.O=C(O)C(F)(F)F. The van der Waals surface area contributed by atoms with Gasteiger partial charge in [-0.2, -0.15) is 26.3 Å². The molecule has 2 aliphatic heterocycles. The van der Waals surface area contributed by atoms with Gasteiger partial charge in [0.1, 0.15) is 5.60 Å². The second kappa shape index (κ2) is 13.6. The van der Waals surface area contributed by atoms with Crippen LogP contribution in [-0.2, 0) is 25.6 Å². The highest BCUT2D eigenvalue weighted by Crippen LogP contribution is 2.33. The minimum Gasteiger partial charge on any atom is -0.475 e. The smallest absolute Gasteiger partial charge is 0.475 e. The molecule has 2 aliphatic rings. The second-order valence-electron chi connectivity index (χ2n) is 8.71. The molecule has 2 fully saturated rings. The van der Waals surface area contributed by atoms with Gasteiger partial charge in [0.15, 0.2) is 0 Å². The summed E-state index contributed by atoms with van der Waals surface area (Å²) < 4.78 is 75.6. The lowest BCUT2D eigenvalue weighted by atomic mass is 9.94. The summed E-state index contributed by atoms with van der Waals surface area (Å²) in [5.41, 5.74) is -0.0938. The summed E-state index contributed by atoms with van der Waals surface area (Å²) in [6.45, 7) is 8.72. The number of thiophene rings is 1. The predicted octanol–water partition coefficient (Wildman–Crippen LogP) is 3.49. The molecular weight excluding hydrogens is 522 g/mol. The first-order valence-corrected chi connectivity index (χ1v) is 11.5. The molecule has 0 saturated carbocycles. The maximum atomic E-state index is 10.6. The molecule has 0 bridgehead atoms. The number of carboxylic acids is 2. The van der Waals surface area contributed by atoms with Crippen molar-refractivity contribution in [1.82, 2.24) is 9.80 Å². The van der Waals surface area contributed by atoms with E-state index in [9.17, 15) is 26.3 Å². The van der Waals surface area contributed by atoms with E-state index in [-0.39, 0.29) is 5.60 Å². The first-order valence-electron chi connectivity index (χ1n) is 10.7. The summed E-state index contributed by atoms with van der Waals surface area (Å²) in [6.07, 6.45) is -9.05. The Morgan fingerprint density at radius 3 is 2.14 bits per heavy atom. The summed E-state index contributed by atoms with van der Waals surface area (Å²) in [7, 11) is 4.28. The molecular formula is C21H30F6N2O6S. The van der Waals surface area contributed by atoms with Crippen LogP contribution in [0.1, 0.15) is 16.2 Å². The van der Waals surface area contributed by atoms with Crippen LogP contribution in [0.25, 0.3) is 0 Å². The van der Waals surface area contributed by atoms with Crippen molar-refractivity contribution < 1.29 is 55.6 Å². The van der Waals surface area contributed by atoms with Crippen LogP contribution in [0.3, 0.4) is 0 Å². The molecule has 3 heterocycles. The maximum Gasteiger partial charge on any atom is 0.490 e. The Hall–Kier alpha value is -1.94.